The summed E-state index contributed by atoms with van der Waals surface area (Å²) in [7, 11) is 0. The number of hydrogen-bond acceptors (Lipinski definition) is 7. The van der Waals surface area contributed by atoms with Crippen LogP contribution in [0.3, 0.4) is 0 Å². The molecule has 2 atom stereocenters. The number of hydrogen-bond donors (Lipinski definition) is 2. The van der Waals surface area contributed by atoms with Crippen LogP contribution in [0, 0.1) is 5.92 Å². The third-order valence-corrected chi connectivity index (χ3v) is 7.58. The maximum absolute atomic E-state index is 13.1. The molecule has 2 fully saturated rings. The second-order valence-electron chi connectivity index (χ2n) is 9.85. The van der Waals surface area contributed by atoms with Gasteiger partial charge < -0.3 is 10.2 Å². The van der Waals surface area contributed by atoms with E-state index in [1.807, 2.05) is 25.4 Å². The lowest BCUT2D eigenvalue weighted by atomic mass is 9.85. The maximum atomic E-state index is 13.1. The van der Waals surface area contributed by atoms with Crippen molar-refractivity contribution in [1.29, 1.82) is 0 Å². The molecule has 5 heterocycles. The number of H-pyrrole nitrogens is 1. The van der Waals surface area contributed by atoms with E-state index in [-0.39, 0.29) is 11.7 Å². The van der Waals surface area contributed by atoms with Gasteiger partial charge in [-0.05, 0) is 51.1 Å². The fraction of sp³-hybridized carbons (Fsp3) is 0.480. The first-order valence-corrected chi connectivity index (χ1v) is 12.6. The van der Waals surface area contributed by atoms with E-state index < -0.39 is 0 Å². The molecular weight excluding hydrogens is 442 g/mol. The van der Waals surface area contributed by atoms with Gasteiger partial charge in [-0.3, -0.25) is 19.4 Å². The average molecular weight is 474 g/mol. The van der Waals surface area contributed by atoms with E-state index in [1.165, 1.54) is 25.7 Å². The van der Waals surface area contributed by atoms with E-state index in [4.69, 9.17) is 0 Å². The Bertz CT molecular complexity index is 1370. The van der Waals surface area contributed by atoms with Gasteiger partial charge in [0.2, 0.25) is 0 Å². The molecule has 10 nitrogen and oxygen atoms in total. The number of piperidine rings is 1. The highest BCUT2D eigenvalue weighted by molar-refractivity contribution is 5.91. The molecule has 0 bridgehead atoms. The van der Waals surface area contributed by atoms with Gasteiger partial charge in [-0.1, -0.05) is 11.6 Å². The van der Waals surface area contributed by atoms with Crippen molar-refractivity contribution in [2.24, 2.45) is 5.92 Å². The van der Waals surface area contributed by atoms with Crippen LogP contribution < -0.4 is 15.8 Å². The molecule has 10 heteroatoms. The van der Waals surface area contributed by atoms with E-state index in [9.17, 15) is 4.79 Å². The summed E-state index contributed by atoms with van der Waals surface area (Å²) >= 11 is 0. The van der Waals surface area contributed by atoms with Crippen molar-refractivity contribution < 1.29 is 0 Å². The van der Waals surface area contributed by atoms with Crippen LogP contribution in [0.15, 0.2) is 47.9 Å². The van der Waals surface area contributed by atoms with Gasteiger partial charge in [0.1, 0.15) is 11.9 Å². The summed E-state index contributed by atoms with van der Waals surface area (Å²) in [5, 5.41) is 20.3. The number of nitrogens with one attached hydrogen (secondary N) is 2. The molecule has 0 spiro atoms. The monoisotopic (exact) mass is 473 g/mol. The first-order chi connectivity index (χ1) is 17.2. The second kappa shape index (κ2) is 9.26. The number of aromatic nitrogens is 7. The van der Waals surface area contributed by atoms with Crippen molar-refractivity contribution in [1.82, 2.24) is 40.1 Å². The largest absolute Gasteiger partial charge is 0.370 e. The SMILES string of the molecule is CC(n1cc(-c2cncc3[nH]ncc23)nn1)n1ccc(N2CCC[C@@H](NCC3CCC3)C2)cc1=O. The Morgan fingerprint density at radius 1 is 1.20 bits per heavy atom. The van der Waals surface area contributed by atoms with Crippen LogP contribution >= 0.6 is 0 Å². The Hall–Kier alpha value is -3.53. The summed E-state index contributed by atoms with van der Waals surface area (Å²) in [4.78, 5) is 19.7. The Balaban J connectivity index is 1.17. The van der Waals surface area contributed by atoms with Crippen LogP contribution in [-0.4, -0.2) is 60.4 Å². The fourth-order valence-electron chi connectivity index (χ4n) is 5.17. The number of fused-ring (bicyclic) bond motifs is 1. The zero-order chi connectivity index (χ0) is 23.8. The first-order valence-electron chi connectivity index (χ1n) is 12.6. The molecule has 0 amide bonds. The molecule has 1 saturated carbocycles. The van der Waals surface area contributed by atoms with Gasteiger partial charge in [0.25, 0.3) is 5.56 Å². The number of rotatable bonds is 7. The third kappa shape index (κ3) is 4.34. The topological polar surface area (TPSA) is 110 Å². The minimum Gasteiger partial charge on any atom is -0.370 e. The van der Waals surface area contributed by atoms with Gasteiger partial charge in [-0.2, -0.15) is 5.10 Å². The van der Waals surface area contributed by atoms with Crippen molar-refractivity contribution >= 4 is 16.6 Å². The Morgan fingerprint density at radius 2 is 2.11 bits per heavy atom. The minimum atomic E-state index is -0.312. The highest BCUT2D eigenvalue weighted by Crippen LogP contribution is 2.27. The molecule has 0 aromatic carbocycles. The molecule has 0 radical (unpaired) electrons. The molecule has 1 saturated heterocycles. The van der Waals surface area contributed by atoms with Crippen molar-refractivity contribution in [3.8, 4) is 11.3 Å². The Kier molecular flexibility index (Phi) is 5.81. The molecule has 4 aromatic rings. The molecule has 2 aliphatic rings. The standard InChI is InChI=1S/C25H31N9O/c1-17(34-16-24(30-31-34)21-12-26-14-23-22(21)13-28-29-23)33-9-7-20(10-25(33)35)32-8-3-6-19(15-32)27-11-18-4-2-5-18/h7,9-10,12-14,16-19,27H,2-6,8,11,15H2,1H3,(H,28,29)/t17?,19-/m1/s1. The van der Waals surface area contributed by atoms with Crippen LogP contribution in [0.5, 0.6) is 0 Å². The van der Waals surface area contributed by atoms with E-state index >= 15 is 0 Å². The number of nitrogens with zero attached hydrogens (tertiary/aromatic N) is 7. The van der Waals surface area contributed by atoms with Crippen LogP contribution in [0.25, 0.3) is 22.2 Å². The summed E-state index contributed by atoms with van der Waals surface area (Å²) in [6.07, 6.45) is 15.1. The highest BCUT2D eigenvalue weighted by atomic mass is 16.1. The molecule has 6 rings (SSSR count). The highest BCUT2D eigenvalue weighted by Gasteiger charge is 2.24. The normalized spacial score (nSPS) is 19.7. The number of aromatic amines is 1. The van der Waals surface area contributed by atoms with Crippen molar-refractivity contribution in [3.05, 3.63) is 53.5 Å². The van der Waals surface area contributed by atoms with Crippen LogP contribution in [0.1, 0.15) is 45.2 Å². The van der Waals surface area contributed by atoms with Gasteiger partial charge in [-0.15, -0.1) is 5.10 Å². The average Bonchev–Trinajstić information content (AvgIpc) is 3.53. The predicted octanol–water partition coefficient (Wildman–Crippen LogP) is 2.80. The Labute approximate surface area is 203 Å². The molecule has 182 valence electrons. The van der Waals surface area contributed by atoms with Crippen molar-refractivity contribution in [2.45, 2.75) is 51.2 Å². The number of anilines is 1. The fourth-order valence-corrected chi connectivity index (χ4v) is 5.17. The van der Waals surface area contributed by atoms with E-state index in [1.54, 1.807) is 33.9 Å². The van der Waals surface area contributed by atoms with Crippen LogP contribution in [0.2, 0.25) is 0 Å². The van der Waals surface area contributed by atoms with E-state index in [0.717, 1.165) is 54.1 Å². The lowest BCUT2D eigenvalue weighted by Gasteiger charge is -2.36. The number of pyridine rings is 2. The van der Waals surface area contributed by atoms with Crippen molar-refractivity contribution in [3.63, 3.8) is 0 Å². The molecule has 35 heavy (non-hydrogen) atoms. The summed E-state index contributed by atoms with van der Waals surface area (Å²) in [5.41, 5.74) is 3.33. The van der Waals surface area contributed by atoms with Gasteiger partial charge in [0, 0.05) is 54.2 Å². The Morgan fingerprint density at radius 3 is 2.94 bits per heavy atom. The van der Waals surface area contributed by atoms with E-state index in [0.29, 0.717) is 11.7 Å². The summed E-state index contributed by atoms with van der Waals surface area (Å²) in [6.45, 7) is 5.01. The van der Waals surface area contributed by atoms with Gasteiger partial charge in [0.05, 0.1) is 24.1 Å². The summed E-state index contributed by atoms with van der Waals surface area (Å²) in [5.74, 6) is 0.858. The molecular formula is C25H31N9O. The molecule has 4 aromatic heterocycles. The molecule has 1 aliphatic heterocycles. The van der Waals surface area contributed by atoms with Crippen LogP contribution in [0.4, 0.5) is 5.69 Å². The zero-order valence-electron chi connectivity index (χ0n) is 20.0. The second-order valence-corrected chi connectivity index (χ2v) is 9.85. The smallest absolute Gasteiger partial charge is 0.254 e. The van der Waals surface area contributed by atoms with Gasteiger partial charge in [-0.25, -0.2) is 4.68 Å². The van der Waals surface area contributed by atoms with Crippen LogP contribution in [-0.2, 0) is 0 Å². The molecule has 1 aliphatic carbocycles. The van der Waals surface area contributed by atoms with Crippen molar-refractivity contribution in [2.75, 3.05) is 24.5 Å². The minimum absolute atomic E-state index is 0.0461. The molecule has 1 unspecified atom stereocenters. The van der Waals surface area contributed by atoms with E-state index in [2.05, 4.69) is 35.7 Å². The quantitative estimate of drug-likeness (QED) is 0.425. The zero-order valence-corrected chi connectivity index (χ0v) is 20.0. The maximum Gasteiger partial charge on any atom is 0.254 e. The first kappa shape index (κ1) is 22.0. The third-order valence-electron chi connectivity index (χ3n) is 7.58. The van der Waals surface area contributed by atoms with Gasteiger partial charge in [0.15, 0.2) is 0 Å². The lowest BCUT2D eigenvalue weighted by molar-refractivity contribution is 0.280. The molecule has 2 N–H and O–H groups in total. The lowest BCUT2D eigenvalue weighted by Crippen LogP contribution is -2.47. The van der Waals surface area contributed by atoms with Gasteiger partial charge >= 0.3 is 0 Å². The summed E-state index contributed by atoms with van der Waals surface area (Å²) < 4.78 is 3.39. The predicted molar refractivity (Wildman–Crippen MR) is 134 cm³/mol. The summed E-state index contributed by atoms with van der Waals surface area (Å²) in [6, 6.07) is 4.28.